The van der Waals surface area contributed by atoms with Crippen molar-refractivity contribution in [2.75, 3.05) is 13.1 Å². The fourth-order valence-corrected chi connectivity index (χ4v) is 2.81. The van der Waals surface area contributed by atoms with Gasteiger partial charge in [0.2, 0.25) is 0 Å². The first-order chi connectivity index (χ1) is 10.3. The van der Waals surface area contributed by atoms with Gasteiger partial charge in [0.25, 0.3) is 0 Å². The molecule has 0 aliphatic carbocycles. The van der Waals surface area contributed by atoms with Crippen molar-refractivity contribution in [3.05, 3.63) is 16.4 Å². The standard InChI is InChI=1S/C15H25BrN4O2/c1-15(2,3)22-14(21)20-7-5-6-12(10-20)17-8-11-9-18-19(4)13(11)16/h9,12,17H,5-8,10H2,1-4H3. The third-order valence-corrected chi connectivity index (χ3v) is 4.61. The molecule has 0 aromatic carbocycles. The van der Waals surface area contributed by atoms with Gasteiger partial charge in [-0.2, -0.15) is 5.10 Å². The molecule has 0 radical (unpaired) electrons. The molecule has 1 unspecified atom stereocenters. The molecule has 2 heterocycles. The highest BCUT2D eigenvalue weighted by Gasteiger charge is 2.27. The number of halogens is 1. The highest BCUT2D eigenvalue weighted by atomic mass is 79.9. The molecule has 6 nitrogen and oxygen atoms in total. The molecule has 7 heteroatoms. The van der Waals surface area contributed by atoms with Crippen LogP contribution in [0.1, 0.15) is 39.2 Å². The minimum Gasteiger partial charge on any atom is -0.444 e. The summed E-state index contributed by atoms with van der Waals surface area (Å²) in [6.07, 6.45) is 3.69. The summed E-state index contributed by atoms with van der Waals surface area (Å²) in [4.78, 5) is 13.9. The van der Waals surface area contributed by atoms with Crippen molar-refractivity contribution in [1.82, 2.24) is 20.0 Å². The zero-order valence-corrected chi connectivity index (χ0v) is 15.3. The van der Waals surface area contributed by atoms with Gasteiger partial charge in [0.15, 0.2) is 0 Å². The van der Waals surface area contributed by atoms with Crippen LogP contribution >= 0.6 is 15.9 Å². The topological polar surface area (TPSA) is 59.4 Å². The summed E-state index contributed by atoms with van der Waals surface area (Å²) < 4.78 is 8.23. The monoisotopic (exact) mass is 372 g/mol. The molecule has 1 saturated heterocycles. The van der Waals surface area contributed by atoms with Gasteiger partial charge < -0.3 is 15.0 Å². The highest BCUT2D eigenvalue weighted by molar-refractivity contribution is 9.10. The lowest BCUT2D eigenvalue weighted by Crippen LogP contribution is -2.49. The number of carbonyl (C=O) groups excluding carboxylic acids is 1. The van der Waals surface area contributed by atoms with E-state index in [0.717, 1.165) is 36.1 Å². The number of ether oxygens (including phenoxy) is 1. The van der Waals surface area contributed by atoms with Gasteiger partial charge in [-0.1, -0.05) is 0 Å². The maximum atomic E-state index is 12.1. The number of hydrogen-bond donors (Lipinski definition) is 1. The molecule has 1 aromatic heterocycles. The number of carbonyl (C=O) groups is 1. The van der Waals surface area contributed by atoms with Crippen LogP contribution < -0.4 is 5.32 Å². The molecular formula is C15H25BrN4O2. The number of nitrogens with one attached hydrogen (secondary N) is 1. The van der Waals surface area contributed by atoms with E-state index < -0.39 is 5.60 Å². The highest BCUT2D eigenvalue weighted by Crippen LogP contribution is 2.18. The van der Waals surface area contributed by atoms with E-state index in [1.54, 1.807) is 9.58 Å². The maximum absolute atomic E-state index is 12.1. The van der Waals surface area contributed by atoms with Crippen LogP contribution in [-0.4, -0.2) is 45.5 Å². The van der Waals surface area contributed by atoms with E-state index in [9.17, 15) is 4.79 Å². The second-order valence-electron chi connectivity index (χ2n) is 6.73. The molecule has 1 aliphatic heterocycles. The normalized spacial score (nSPS) is 19.3. The molecule has 1 amide bonds. The number of rotatable bonds is 3. The fourth-order valence-electron chi connectivity index (χ4n) is 2.48. The van der Waals surface area contributed by atoms with Gasteiger partial charge in [0.05, 0.1) is 6.20 Å². The fraction of sp³-hybridized carbons (Fsp3) is 0.733. The smallest absolute Gasteiger partial charge is 0.410 e. The molecular weight excluding hydrogens is 348 g/mol. The van der Waals surface area contributed by atoms with Crippen LogP contribution in [0, 0.1) is 0 Å². The van der Waals surface area contributed by atoms with Gasteiger partial charge in [-0.3, -0.25) is 4.68 Å². The zero-order valence-electron chi connectivity index (χ0n) is 13.7. The van der Waals surface area contributed by atoms with Crippen LogP contribution in [0.2, 0.25) is 0 Å². The Kier molecular flexibility index (Phi) is 5.50. The Morgan fingerprint density at radius 1 is 1.55 bits per heavy atom. The molecule has 22 heavy (non-hydrogen) atoms. The second kappa shape index (κ2) is 7.00. The van der Waals surface area contributed by atoms with Gasteiger partial charge in [0, 0.05) is 38.3 Å². The lowest BCUT2D eigenvalue weighted by molar-refractivity contribution is 0.0187. The van der Waals surface area contributed by atoms with Crippen LogP contribution in [0.5, 0.6) is 0 Å². The predicted octanol–water partition coefficient (Wildman–Crippen LogP) is 2.67. The van der Waals surface area contributed by atoms with Crippen molar-refractivity contribution in [3.8, 4) is 0 Å². The molecule has 1 fully saturated rings. The Hall–Kier alpha value is -1.08. The molecule has 0 bridgehead atoms. The molecule has 1 aliphatic rings. The van der Waals surface area contributed by atoms with Gasteiger partial charge >= 0.3 is 6.09 Å². The third-order valence-electron chi connectivity index (χ3n) is 3.59. The maximum Gasteiger partial charge on any atom is 0.410 e. The van der Waals surface area contributed by atoms with E-state index >= 15 is 0 Å². The van der Waals surface area contributed by atoms with Crippen molar-refractivity contribution in [2.45, 2.75) is 51.8 Å². The van der Waals surface area contributed by atoms with Crippen molar-refractivity contribution in [3.63, 3.8) is 0 Å². The number of aromatic nitrogens is 2. The number of hydrogen-bond acceptors (Lipinski definition) is 4. The van der Waals surface area contributed by atoms with Crippen molar-refractivity contribution in [2.24, 2.45) is 7.05 Å². The van der Waals surface area contributed by atoms with Gasteiger partial charge in [0.1, 0.15) is 10.2 Å². The average molecular weight is 373 g/mol. The van der Waals surface area contributed by atoms with Crippen LogP contribution in [-0.2, 0) is 18.3 Å². The van der Waals surface area contributed by atoms with E-state index in [4.69, 9.17) is 4.74 Å². The summed E-state index contributed by atoms with van der Waals surface area (Å²) in [6.45, 7) is 7.87. The van der Waals surface area contributed by atoms with Gasteiger partial charge in [-0.25, -0.2) is 4.79 Å². The van der Waals surface area contributed by atoms with E-state index in [1.165, 1.54) is 0 Å². The first-order valence-corrected chi connectivity index (χ1v) is 8.43. The Labute approximate surface area is 140 Å². The molecule has 1 N–H and O–H groups in total. The minimum absolute atomic E-state index is 0.221. The Bertz CT molecular complexity index is 524. The summed E-state index contributed by atoms with van der Waals surface area (Å²) in [5.41, 5.74) is 0.676. The van der Waals surface area contributed by atoms with Crippen LogP contribution in [0.15, 0.2) is 10.8 Å². The van der Waals surface area contributed by atoms with Crippen molar-refractivity contribution < 1.29 is 9.53 Å². The van der Waals surface area contributed by atoms with Crippen molar-refractivity contribution in [1.29, 1.82) is 0 Å². The van der Waals surface area contributed by atoms with Gasteiger partial charge in [-0.15, -0.1) is 0 Å². The predicted molar refractivity (Wildman–Crippen MR) is 88.6 cm³/mol. The number of aryl methyl sites for hydroxylation is 1. The molecule has 124 valence electrons. The molecule has 1 aromatic rings. The number of piperidine rings is 1. The van der Waals surface area contributed by atoms with E-state index in [-0.39, 0.29) is 12.1 Å². The molecule has 0 saturated carbocycles. The lowest BCUT2D eigenvalue weighted by atomic mass is 10.1. The zero-order chi connectivity index (χ0) is 16.3. The first-order valence-electron chi connectivity index (χ1n) is 7.64. The average Bonchev–Trinajstić information content (AvgIpc) is 2.75. The summed E-state index contributed by atoms with van der Waals surface area (Å²) in [5, 5.41) is 7.72. The summed E-state index contributed by atoms with van der Waals surface area (Å²) in [7, 11) is 1.90. The first kappa shape index (κ1) is 17.3. The van der Waals surface area contributed by atoms with E-state index in [1.807, 2.05) is 34.0 Å². The van der Waals surface area contributed by atoms with Crippen LogP contribution in [0.4, 0.5) is 4.79 Å². The second-order valence-corrected chi connectivity index (χ2v) is 7.48. The molecule has 1 atom stereocenters. The molecule has 0 spiro atoms. The van der Waals surface area contributed by atoms with Crippen molar-refractivity contribution >= 4 is 22.0 Å². The Morgan fingerprint density at radius 2 is 2.27 bits per heavy atom. The third kappa shape index (κ3) is 4.71. The summed E-state index contributed by atoms with van der Waals surface area (Å²) >= 11 is 3.52. The molecule has 2 rings (SSSR count). The summed E-state index contributed by atoms with van der Waals surface area (Å²) in [6, 6.07) is 0.286. The van der Waals surface area contributed by atoms with E-state index in [0.29, 0.717) is 6.54 Å². The van der Waals surface area contributed by atoms with E-state index in [2.05, 4.69) is 26.3 Å². The quantitative estimate of drug-likeness (QED) is 0.885. The number of nitrogens with zero attached hydrogens (tertiary/aromatic N) is 3. The minimum atomic E-state index is -0.446. The van der Waals surface area contributed by atoms with Crippen LogP contribution in [0.25, 0.3) is 0 Å². The number of likely N-dealkylation sites (tertiary alicyclic amines) is 1. The SMILES string of the molecule is Cn1ncc(CNC2CCCN(C(=O)OC(C)(C)C)C2)c1Br. The Balaban J connectivity index is 1.85. The van der Waals surface area contributed by atoms with Crippen LogP contribution in [0.3, 0.4) is 0 Å². The van der Waals surface area contributed by atoms with Gasteiger partial charge in [-0.05, 0) is 49.5 Å². The lowest BCUT2D eigenvalue weighted by Gasteiger charge is -2.34. The Morgan fingerprint density at radius 3 is 2.86 bits per heavy atom. The summed E-state index contributed by atoms with van der Waals surface area (Å²) in [5.74, 6) is 0. The largest absolute Gasteiger partial charge is 0.444 e. The number of amides is 1.